The Hall–Kier alpha value is -3.28. The molecule has 0 radical (unpaired) electrons. The molecule has 0 fully saturated rings. The maximum absolute atomic E-state index is 4.65. The van der Waals surface area contributed by atoms with Crippen LogP contribution in [0.4, 0.5) is 0 Å². The van der Waals surface area contributed by atoms with E-state index in [-0.39, 0.29) is 6.04 Å². The summed E-state index contributed by atoms with van der Waals surface area (Å²) in [6, 6.07) is 14.3. The van der Waals surface area contributed by atoms with Gasteiger partial charge in [-0.05, 0) is 17.7 Å². The molecule has 4 aromatic rings. The van der Waals surface area contributed by atoms with Crippen molar-refractivity contribution in [3.63, 3.8) is 0 Å². The predicted octanol–water partition coefficient (Wildman–Crippen LogP) is 3.39. The van der Waals surface area contributed by atoms with Crippen LogP contribution >= 0.6 is 0 Å². The Morgan fingerprint density at radius 1 is 0.923 bits per heavy atom. The molecular formula is C20H20N6. The largest absolute Gasteiger partial charge is 0.320 e. The van der Waals surface area contributed by atoms with Crippen molar-refractivity contribution >= 4 is 0 Å². The molecule has 0 saturated carbocycles. The molecule has 0 spiro atoms. The number of benzene rings is 1. The van der Waals surface area contributed by atoms with Crippen molar-refractivity contribution in [3.05, 3.63) is 84.8 Å². The normalized spacial score (nSPS) is 12.2. The number of nitrogens with zero attached hydrogens (tertiary/aromatic N) is 6. The molecule has 0 bridgehead atoms. The van der Waals surface area contributed by atoms with Gasteiger partial charge in [-0.3, -0.25) is 4.68 Å². The van der Waals surface area contributed by atoms with Crippen molar-refractivity contribution in [1.82, 2.24) is 29.3 Å². The van der Waals surface area contributed by atoms with E-state index in [1.165, 1.54) is 5.56 Å². The van der Waals surface area contributed by atoms with Gasteiger partial charge in [0.15, 0.2) is 5.82 Å². The topological polar surface area (TPSA) is 61.4 Å². The molecular weight excluding hydrogens is 324 g/mol. The average molecular weight is 344 g/mol. The average Bonchev–Trinajstić information content (AvgIpc) is 3.38. The Bertz CT molecular complexity index is 959. The van der Waals surface area contributed by atoms with E-state index in [2.05, 4.69) is 55.8 Å². The summed E-state index contributed by atoms with van der Waals surface area (Å²) in [6.07, 6.45) is 10.2. The van der Waals surface area contributed by atoms with Crippen molar-refractivity contribution in [3.8, 4) is 11.5 Å². The minimum Gasteiger partial charge on any atom is -0.320 e. The summed E-state index contributed by atoms with van der Waals surface area (Å²) >= 11 is 0. The maximum atomic E-state index is 4.65. The minimum absolute atomic E-state index is 0.0636. The molecule has 6 nitrogen and oxygen atoms in total. The summed E-state index contributed by atoms with van der Waals surface area (Å²) in [5.41, 5.74) is 2.04. The van der Waals surface area contributed by atoms with Gasteiger partial charge >= 0.3 is 0 Å². The summed E-state index contributed by atoms with van der Waals surface area (Å²) in [5, 5.41) is 4.38. The Labute approximate surface area is 152 Å². The van der Waals surface area contributed by atoms with E-state index in [0.717, 1.165) is 23.8 Å². The first-order chi connectivity index (χ1) is 12.8. The molecule has 3 heterocycles. The molecule has 0 aliphatic heterocycles. The SMILES string of the molecule is CCc1nccc(-c2nccn2C(Cn2cccn2)c2ccccc2)n1. The van der Waals surface area contributed by atoms with Gasteiger partial charge in [-0.1, -0.05) is 37.3 Å². The number of aromatic nitrogens is 6. The summed E-state index contributed by atoms with van der Waals surface area (Å²) in [6.45, 7) is 2.77. The van der Waals surface area contributed by atoms with Gasteiger partial charge in [-0.2, -0.15) is 5.10 Å². The van der Waals surface area contributed by atoms with E-state index in [4.69, 9.17) is 0 Å². The van der Waals surface area contributed by atoms with Crippen molar-refractivity contribution in [1.29, 1.82) is 0 Å². The Morgan fingerprint density at radius 3 is 2.58 bits per heavy atom. The maximum Gasteiger partial charge on any atom is 0.159 e. The highest BCUT2D eigenvalue weighted by Crippen LogP contribution is 2.26. The Kier molecular flexibility index (Phi) is 4.55. The molecule has 26 heavy (non-hydrogen) atoms. The molecule has 0 aliphatic rings. The standard InChI is InChI=1S/C20H20N6/c1-2-19-21-11-9-17(24-19)20-22-12-14-26(20)18(15-25-13-6-10-23-25)16-7-4-3-5-8-16/h3-14,18H,2,15H2,1H3. The van der Waals surface area contributed by atoms with E-state index in [1.54, 1.807) is 12.4 Å². The number of hydrogen-bond donors (Lipinski definition) is 0. The molecule has 1 unspecified atom stereocenters. The lowest BCUT2D eigenvalue weighted by Crippen LogP contribution is -2.18. The van der Waals surface area contributed by atoms with Gasteiger partial charge in [0, 0.05) is 37.4 Å². The zero-order chi connectivity index (χ0) is 17.8. The molecule has 0 saturated heterocycles. The van der Waals surface area contributed by atoms with Crippen LogP contribution in [0, 0.1) is 0 Å². The van der Waals surface area contributed by atoms with Crippen LogP contribution in [0.5, 0.6) is 0 Å². The lowest BCUT2D eigenvalue weighted by molar-refractivity contribution is 0.465. The smallest absolute Gasteiger partial charge is 0.159 e. The highest BCUT2D eigenvalue weighted by molar-refractivity contribution is 5.50. The van der Waals surface area contributed by atoms with Crippen molar-refractivity contribution in [2.45, 2.75) is 25.9 Å². The third-order valence-electron chi connectivity index (χ3n) is 4.36. The van der Waals surface area contributed by atoms with Crippen molar-refractivity contribution in [2.75, 3.05) is 0 Å². The van der Waals surface area contributed by atoms with Crippen LogP contribution in [0.25, 0.3) is 11.5 Å². The van der Waals surface area contributed by atoms with E-state index in [0.29, 0.717) is 6.54 Å². The molecule has 0 amide bonds. The zero-order valence-electron chi connectivity index (χ0n) is 14.6. The van der Waals surface area contributed by atoms with Gasteiger partial charge in [-0.15, -0.1) is 0 Å². The number of rotatable bonds is 6. The molecule has 1 atom stereocenters. The molecule has 6 heteroatoms. The fraction of sp³-hybridized carbons (Fsp3) is 0.200. The lowest BCUT2D eigenvalue weighted by atomic mass is 10.1. The summed E-state index contributed by atoms with van der Waals surface area (Å²) < 4.78 is 4.11. The van der Waals surface area contributed by atoms with Crippen LogP contribution < -0.4 is 0 Å². The van der Waals surface area contributed by atoms with Crippen molar-refractivity contribution < 1.29 is 0 Å². The fourth-order valence-electron chi connectivity index (χ4n) is 3.07. The Morgan fingerprint density at radius 2 is 1.81 bits per heavy atom. The van der Waals surface area contributed by atoms with E-state index in [1.807, 2.05) is 41.5 Å². The number of imidazole rings is 1. The predicted molar refractivity (Wildman–Crippen MR) is 99.4 cm³/mol. The second kappa shape index (κ2) is 7.31. The van der Waals surface area contributed by atoms with Crippen LogP contribution in [-0.4, -0.2) is 29.3 Å². The highest BCUT2D eigenvalue weighted by atomic mass is 15.3. The molecule has 0 aliphatic carbocycles. The van der Waals surface area contributed by atoms with Gasteiger partial charge in [0.2, 0.25) is 0 Å². The lowest BCUT2D eigenvalue weighted by Gasteiger charge is -2.21. The first-order valence-corrected chi connectivity index (χ1v) is 8.72. The van der Waals surface area contributed by atoms with E-state index >= 15 is 0 Å². The fourth-order valence-corrected chi connectivity index (χ4v) is 3.07. The zero-order valence-corrected chi connectivity index (χ0v) is 14.6. The van der Waals surface area contributed by atoms with Gasteiger partial charge in [0.25, 0.3) is 0 Å². The van der Waals surface area contributed by atoms with Gasteiger partial charge in [0.05, 0.1) is 12.6 Å². The second-order valence-corrected chi connectivity index (χ2v) is 6.02. The third-order valence-corrected chi connectivity index (χ3v) is 4.36. The molecule has 0 N–H and O–H groups in total. The van der Waals surface area contributed by atoms with Gasteiger partial charge in [-0.25, -0.2) is 15.0 Å². The quantitative estimate of drug-likeness (QED) is 0.538. The molecule has 3 aromatic heterocycles. The van der Waals surface area contributed by atoms with E-state index in [9.17, 15) is 0 Å². The monoisotopic (exact) mass is 344 g/mol. The van der Waals surface area contributed by atoms with Crippen LogP contribution in [0.2, 0.25) is 0 Å². The van der Waals surface area contributed by atoms with Gasteiger partial charge < -0.3 is 4.57 Å². The first kappa shape index (κ1) is 16.2. The van der Waals surface area contributed by atoms with Crippen LogP contribution in [-0.2, 0) is 13.0 Å². The van der Waals surface area contributed by atoms with Crippen LogP contribution in [0.15, 0.2) is 73.4 Å². The molecule has 1 aromatic carbocycles. The first-order valence-electron chi connectivity index (χ1n) is 8.72. The van der Waals surface area contributed by atoms with Crippen molar-refractivity contribution in [2.24, 2.45) is 0 Å². The van der Waals surface area contributed by atoms with Crippen LogP contribution in [0.1, 0.15) is 24.4 Å². The van der Waals surface area contributed by atoms with Gasteiger partial charge in [0.1, 0.15) is 11.5 Å². The van der Waals surface area contributed by atoms with Crippen LogP contribution in [0.3, 0.4) is 0 Å². The molecule has 130 valence electrons. The van der Waals surface area contributed by atoms with E-state index < -0.39 is 0 Å². The minimum atomic E-state index is 0.0636. The Balaban J connectivity index is 1.78. The summed E-state index contributed by atoms with van der Waals surface area (Å²) in [4.78, 5) is 13.5. The number of aryl methyl sites for hydroxylation is 1. The summed E-state index contributed by atoms with van der Waals surface area (Å²) in [7, 11) is 0. The second-order valence-electron chi connectivity index (χ2n) is 6.02. The molecule has 4 rings (SSSR count). The number of hydrogen-bond acceptors (Lipinski definition) is 4. The summed E-state index contributed by atoms with van der Waals surface area (Å²) in [5.74, 6) is 1.66. The third kappa shape index (κ3) is 3.26. The highest BCUT2D eigenvalue weighted by Gasteiger charge is 2.19.